The van der Waals surface area contributed by atoms with Crippen molar-refractivity contribution >= 4 is 29.6 Å². The van der Waals surface area contributed by atoms with Gasteiger partial charge >= 0.3 is 6.03 Å². The summed E-state index contributed by atoms with van der Waals surface area (Å²) in [6, 6.07) is 7.50. The molecule has 2 heterocycles. The van der Waals surface area contributed by atoms with Crippen LogP contribution in [0.25, 0.3) is 0 Å². The van der Waals surface area contributed by atoms with Crippen molar-refractivity contribution in [2.24, 2.45) is 5.10 Å². The van der Waals surface area contributed by atoms with Crippen LogP contribution in [-0.2, 0) is 0 Å². The molecule has 1 aromatic carbocycles. The third-order valence-corrected chi connectivity index (χ3v) is 4.16. The fourth-order valence-corrected chi connectivity index (χ4v) is 2.92. The molecule has 0 radical (unpaired) electrons. The van der Waals surface area contributed by atoms with Gasteiger partial charge in [0, 0.05) is 14.1 Å². The van der Waals surface area contributed by atoms with E-state index in [1.165, 1.54) is 0 Å². The number of hydrogen-bond acceptors (Lipinski definition) is 4. The lowest BCUT2D eigenvalue weighted by molar-refractivity contribution is 0.174. The summed E-state index contributed by atoms with van der Waals surface area (Å²) in [4.78, 5) is 15.3. The molecule has 0 bridgehead atoms. The maximum atomic E-state index is 12.0. The summed E-state index contributed by atoms with van der Waals surface area (Å²) in [6.07, 6.45) is 1.27. The van der Waals surface area contributed by atoms with Gasteiger partial charge in [-0.2, -0.15) is 5.10 Å². The molecule has 2 atom stereocenters. The molecule has 2 unspecified atom stereocenters. The second kappa shape index (κ2) is 5.45. The van der Waals surface area contributed by atoms with Crippen molar-refractivity contribution in [1.82, 2.24) is 20.1 Å². The van der Waals surface area contributed by atoms with Crippen molar-refractivity contribution < 1.29 is 9.53 Å². The first-order valence-corrected chi connectivity index (χ1v) is 7.21. The Hall–Kier alpha value is -2.35. The van der Waals surface area contributed by atoms with Gasteiger partial charge in [0.2, 0.25) is 0 Å². The van der Waals surface area contributed by atoms with E-state index in [2.05, 4.69) is 10.4 Å². The van der Waals surface area contributed by atoms with Crippen molar-refractivity contribution in [3.63, 3.8) is 0 Å². The van der Waals surface area contributed by atoms with Crippen LogP contribution >= 0.6 is 12.2 Å². The molecule has 0 saturated carbocycles. The molecule has 1 N–H and O–H groups in total. The monoisotopic (exact) mass is 319 g/mol. The number of hydrogen-bond donors (Lipinski definition) is 1. The SMILES string of the molecule is COc1cccc(/C=N/N2C(=S)NC3C2N(C)C(=O)N3C)c1. The third-order valence-electron chi connectivity index (χ3n) is 3.85. The molecule has 2 aliphatic heterocycles. The van der Waals surface area contributed by atoms with Gasteiger partial charge in [0.25, 0.3) is 0 Å². The smallest absolute Gasteiger partial charge is 0.323 e. The van der Waals surface area contributed by atoms with Gasteiger partial charge < -0.3 is 19.9 Å². The van der Waals surface area contributed by atoms with E-state index in [9.17, 15) is 4.79 Å². The molecule has 2 amide bonds. The lowest BCUT2D eigenvalue weighted by atomic mass is 10.2. The molecule has 0 aromatic heterocycles. The molecule has 1 aromatic rings. The zero-order valence-electron chi connectivity index (χ0n) is 12.6. The van der Waals surface area contributed by atoms with Crippen molar-refractivity contribution in [3.05, 3.63) is 29.8 Å². The molecular formula is C14H17N5O2S. The number of amides is 2. The van der Waals surface area contributed by atoms with Gasteiger partial charge in [-0.15, -0.1) is 0 Å². The van der Waals surface area contributed by atoms with E-state index in [-0.39, 0.29) is 18.4 Å². The molecule has 2 aliphatic rings. The molecule has 116 valence electrons. The molecule has 7 nitrogen and oxygen atoms in total. The first kappa shape index (κ1) is 14.6. The van der Waals surface area contributed by atoms with Gasteiger partial charge in [0.15, 0.2) is 11.3 Å². The molecule has 3 rings (SSSR count). The molecule has 8 heteroatoms. The number of rotatable bonds is 3. The topological polar surface area (TPSA) is 60.4 Å². The number of carbonyl (C=O) groups is 1. The summed E-state index contributed by atoms with van der Waals surface area (Å²) in [7, 11) is 5.11. The van der Waals surface area contributed by atoms with Crippen LogP contribution in [0, 0.1) is 0 Å². The Morgan fingerprint density at radius 3 is 2.86 bits per heavy atom. The van der Waals surface area contributed by atoms with E-state index in [1.807, 2.05) is 24.3 Å². The number of hydrazone groups is 1. The zero-order chi connectivity index (χ0) is 15.9. The minimum atomic E-state index is -0.244. The standard InChI is InChI=1S/C14H17N5O2S/c1-17-11-12(18(2)14(17)20)19(13(22)16-11)15-8-9-5-4-6-10(7-9)21-3/h4-8,11-12H,1-3H3,(H,16,22)/b15-8+. The Morgan fingerprint density at radius 2 is 2.14 bits per heavy atom. The van der Waals surface area contributed by atoms with Crippen LogP contribution in [0.4, 0.5) is 4.79 Å². The van der Waals surface area contributed by atoms with Gasteiger partial charge in [-0.1, -0.05) is 12.1 Å². The second-order valence-electron chi connectivity index (χ2n) is 5.18. The number of fused-ring (bicyclic) bond motifs is 1. The second-order valence-corrected chi connectivity index (χ2v) is 5.56. The lowest BCUT2D eigenvalue weighted by Gasteiger charge is -2.23. The highest BCUT2D eigenvalue weighted by atomic mass is 32.1. The van der Waals surface area contributed by atoms with E-state index in [4.69, 9.17) is 17.0 Å². The maximum Gasteiger partial charge on any atom is 0.323 e. The number of benzene rings is 1. The van der Waals surface area contributed by atoms with Crippen molar-refractivity contribution in [2.45, 2.75) is 12.3 Å². The van der Waals surface area contributed by atoms with Crippen LogP contribution in [0.1, 0.15) is 5.56 Å². The van der Waals surface area contributed by atoms with E-state index in [0.717, 1.165) is 11.3 Å². The highest BCUT2D eigenvalue weighted by molar-refractivity contribution is 7.80. The molecule has 0 spiro atoms. The maximum absolute atomic E-state index is 12.0. The number of urea groups is 1. The predicted molar refractivity (Wildman–Crippen MR) is 86.7 cm³/mol. The summed E-state index contributed by atoms with van der Waals surface area (Å²) in [5.41, 5.74) is 0.894. The third kappa shape index (κ3) is 2.25. The van der Waals surface area contributed by atoms with E-state index >= 15 is 0 Å². The molecule has 0 aliphatic carbocycles. The average molecular weight is 319 g/mol. The van der Waals surface area contributed by atoms with E-state index < -0.39 is 0 Å². The van der Waals surface area contributed by atoms with Gasteiger partial charge in [-0.05, 0) is 29.9 Å². The fraction of sp³-hybridized carbons (Fsp3) is 0.357. The number of thiocarbonyl (C=S) groups is 1. The number of ether oxygens (including phenoxy) is 1. The summed E-state index contributed by atoms with van der Waals surface area (Å²) in [6.45, 7) is 0. The summed E-state index contributed by atoms with van der Waals surface area (Å²) >= 11 is 5.32. The number of carbonyl (C=O) groups excluding carboxylic acids is 1. The Labute approximate surface area is 134 Å². The van der Waals surface area contributed by atoms with Gasteiger partial charge in [-0.25, -0.2) is 9.80 Å². The first-order valence-electron chi connectivity index (χ1n) is 6.80. The number of nitrogens with one attached hydrogen (secondary N) is 1. The highest BCUT2D eigenvalue weighted by Gasteiger charge is 2.51. The minimum absolute atomic E-state index is 0.0634. The molecule has 2 saturated heterocycles. The fourth-order valence-electron chi connectivity index (χ4n) is 2.65. The van der Waals surface area contributed by atoms with Crippen LogP contribution in [0.2, 0.25) is 0 Å². The number of likely N-dealkylation sites (N-methyl/N-ethyl adjacent to an activating group) is 2. The van der Waals surface area contributed by atoms with Crippen molar-refractivity contribution in [1.29, 1.82) is 0 Å². The summed E-state index contributed by atoms with van der Waals surface area (Å²) in [5.74, 6) is 0.761. The van der Waals surface area contributed by atoms with Gasteiger partial charge in [-0.3, -0.25) is 0 Å². The predicted octanol–water partition coefficient (Wildman–Crippen LogP) is 0.869. The minimum Gasteiger partial charge on any atom is -0.497 e. The normalized spacial score (nSPS) is 24.2. The van der Waals surface area contributed by atoms with Crippen LogP contribution < -0.4 is 10.1 Å². The molecular weight excluding hydrogens is 302 g/mol. The Kier molecular flexibility index (Phi) is 3.61. The molecule has 22 heavy (non-hydrogen) atoms. The Balaban J connectivity index is 1.83. The van der Waals surface area contributed by atoms with Crippen LogP contribution in [-0.4, -0.2) is 65.7 Å². The van der Waals surface area contributed by atoms with E-state index in [1.54, 1.807) is 42.2 Å². The van der Waals surface area contributed by atoms with Crippen molar-refractivity contribution in [3.8, 4) is 5.75 Å². The number of nitrogens with zero attached hydrogens (tertiary/aromatic N) is 4. The van der Waals surface area contributed by atoms with Crippen LogP contribution in [0.5, 0.6) is 5.75 Å². The van der Waals surface area contributed by atoms with Crippen molar-refractivity contribution in [2.75, 3.05) is 21.2 Å². The zero-order valence-corrected chi connectivity index (χ0v) is 13.4. The Morgan fingerprint density at radius 1 is 1.36 bits per heavy atom. The average Bonchev–Trinajstić information content (AvgIpc) is 2.96. The highest BCUT2D eigenvalue weighted by Crippen LogP contribution is 2.26. The largest absolute Gasteiger partial charge is 0.497 e. The summed E-state index contributed by atoms with van der Waals surface area (Å²) in [5, 5.41) is 9.71. The van der Waals surface area contributed by atoms with Gasteiger partial charge in [0.1, 0.15) is 11.9 Å². The Bertz CT molecular complexity index is 650. The van der Waals surface area contributed by atoms with Gasteiger partial charge in [0.05, 0.1) is 13.3 Å². The quantitative estimate of drug-likeness (QED) is 0.662. The lowest BCUT2D eigenvalue weighted by Crippen LogP contribution is -2.41. The van der Waals surface area contributed by atoms with E-state index in [0.29, 0.717) is 5.11 Å². The molecule has 2 fully saturated rings. The summed E-state index contributed by atoms with van der Waals surface area (Å²) < 4.78 is 5.19. The first-order chi connectivity index (χ1) is 10.5. The van der Waals surface area contributed by atoms with Crippen LogP contribution in [0.3, 0.4) is 0 Å². The van der Waals surface area contributed by atoms with Crippen LogP contribution in [0.15, 0.2) is 29.4 Å². The number of methoxy groups -OCH3 is 1.